The first-order valence-electron chi connectivity index (χ1n) is 10.7. The molecule has 30 heavy (non-hydrogen) atoms. The number of rotatable bonds is 5. The Balaban J connectivity index is 0.00000256. The highest BCUT2D eigenvalue weighted by molar-refractivity contribution is 6.01. The molecule has 0 saturated carbocycles. The Kier molecular flexibility index (Phi) is 7.91. The van der Waals surface area contributed by atoms with E-state index in [1.807, 2.05) is 6.07 Å². The van der Waals surface area contributed by atoms with Crippen LogP contribution in [0.3, 0.4) is 0 Å². The second-order valence-corrected chi connectivity index (χ2v) is 8.30. The van der Waals surface area contributed by atoms with Gasteiger partial charge in [-0.05, 0) is 43.4 Å². The molecule has 3 aliphatic heterocycles. The first-order valence-corrected chi connectivity index (χ1v) is 10.7. The molecule has 1 aromatic carbocycles. The minimum Gasteiger partial charge on any atom is -0.374 e. The van der Waals surface area contributed by atoms with Crippen molar-refractivity contribution in [2.75, 3.05) is 56.0 Å². The van der Waals surface area contributed by atoms with Gasteiger partial charge in [0.1, 0.15) is 11.9 Å². The maximum absolute atomic E-state index is 14.8. The van der Waals surface area contributed by atoms with Crippen molar-refractivity contribution in [1.82, 2.24) is 15.5 Å². The summed E-state index contributed by atoms with van der Waals surface area (Å²) in [6.07, 6.45) is 2.89. The van der Waals surface area contributed by atoms with Gasteiger partial charge in [-0.25, -0.2) is 4.39 Å². The monoisotopic (exact) mass is 439 g/mol. The highest BCUT2D eigenvalue weighted by Crippen LogP contribution is 2.28. The minimum absolute atomic E-state index is 0. The van der Waals surface area contributed by atoms with Crippen molar-refractivity contribution in [3.05, 3.63) is 24.0 Å². The standard InChI is InChI=1S/C21H30FN5O2.ClH/c22-17-13-16(24-18-2-4-20(28)25-21(18)29)1-3-19(17)27-9-5-15(6-10-27)14-26-11-7-23-8-12-26;/h1,3,13,15,18,23-24H,2,4-12,14H2,(H,25,28,29);1H. The van der Waals surface area contributed by atoms with Crippen LogP contribution in [0.25, 0.3) is 0 Å². The molecule has 0 bridgehead atoms. The van der Waals surface area contributed by atoms with Gasteiger partial charge >= 0.3 is 0 Å². The van der Waals surface area contributed by atoms with Crippen molar-refractivity contribution in [2.45, 2.75) is 31.7 Å². The van der Waals surface area contributed by atoms with E-state index < -0.39 is 6.04 Å². The molecule has 166 valence electrons. The summed E-state index contributed by atoms with van der Waals surface area (Å²) in [6, 6.07) is 4.56. The van der Waals surface area contributed by atoms with E-state index in [9.17, 15) is 14.0 Å². The number of nitrogens with one attached hydrogen (secondary N) is 3. The summed E-state index contributed by atoms with van der Waals surface area (Å²) >= 11 is 0. The Morgan fingerprint density at radius 2 is 1.80 bits per heavy atom. The summed E-state index contributed by atoms with van der Waals surface area (Å²) in [4.78, 5) is 27.8. The number of hydrogen-bond donors (Lipinski definition) is 3. The third kappa shape index (κ3) is 5.62. The molecule has 0 radical (unpaired) electrons. The Hall–Kier alpha value is -1.90. The van der Waals surface area contributed by atoms with Gasteiger partial charge in [0.15, 0.2) is 0 Å². The number of halogens is 2. The van der Waals surface area contributed by atoms with Gasteiger partial charge in [0, 0.05) is 57.9 Å². The first-order chi connectivity index (χ1) is 14.1. The molecule has 3 saturated heterocycles. The Bertz CT molecular complexity index is 751. The van der Waals surface area contributed by atoms with E-state index in [4.69, 9.17) is 0 Å². The van der Waals surface area contributed by atoms with Gasteiger partial charge in [-0.1, -0.05) is 0 Å². The normalized spacial score (nSPS) is 23.6. The molecule has 0 aromatic heterocycles. The van der Waals surface area contributed by atoms with Crippen molar-refractivity contribution in [2.24, 2.45) is 5.92 Å². The molecule has 0 aliphatic carbocycles. The molecule has 4 rings (SSSR count). The lowest BCUT2D eigenvalue weighted by molar-refractivity contribution is -0.133. The van der Waals surface area contributed by atoms with E-state index in [1.54, 1.807) is 6.07 Å². The van der Waals surface area contributed by atoms with Gasteiger partial charge in [0.25, 0.3) is 0 Å². The molecule has 3 aliphatic rings. The summed E-state index contributed by atoms with van der Waals surface area (Å²) in [5.41, 5.74) is 1.19. The number of anilines is 2. The number of amides is 2. The van der Waals surface area contributed by atoms with Crippen LogP contribution in [0.1, 0.15) is 25.7 Å². The average Bonchev–Trinajstić information content (AvgIpc) is 2.72. The van der Waals surface area contributed by atoms with Crippen LogP contribution in [0, 0.1) is 11.7 Å². The number of piperazine rings is 1. The third-order valence-corrected chi connectivity index (χ3v) is 6.21. The molecule has 1 aromatic rings. The number of carbonyl (C=O) groups excluding carboxylic acids is 2. The van der Waals surface area contributed by atoms with Crippen LogP contribution in [-0.4, -0.2) is 68.6 Å². The Morgan fingerprint density at radius 3 is 2.47 bits per heavy atom. The number of carbonyl (C=O) groups is 2. The van der Waals surface area contributed by atoms with Crippen molar-refractivity contribution >= 4 is 35.6 Å². The molecule has 0 spiro atoms. The average molecular weight is 440 g/mol. The van der Waals surface area contributed by atoms with Crippen LogP contribution < -0.4 is 20.9 Å². The zero-order valence-electron chi connectivity index (χ0n) is 17.2. The fourth-order valence-corrected chi connectivity index (χ4v) is 4.50. The minimum atomic E-state index is -0.501. The van der Waals surface area contributed by atoms with E-state index in [0.717, 1.165) is 58.7 Å². The molecule has 1 unspecified atom stereocenters. The summed E-state index contributed by atoms with van der Waals surface area (Å²) in [5, 5.41) is 8.74. The lowest BCUT2D eigenvalue weighted by Gasteiger charge is -2.37. The number of imide groups is 1. The smallest absolute Gasteiger partial charge is 0.249 e. The number of nitrogens with zero attached hydrogens (tertiary/aromatic N) is 2. The van der Waals surface area contributed by atoms with Crippen LogP contribution in [0.4, 0.5) is 15.8 Å². The zero-order chi connectivity index (χ0) is 20.2. The van der Waals surface area contributed by atoms with Gasteiger partial charge in [-0.3, -0.25) is 14.9 Å². The topological polar surface area (TPSA) is 76.7 Å². The molecule has 3 N–H and O–H groups in total. The molecular formula is C21H31ClFN5O2. The van der Waals surface area contributed by atoms with Crippen LogP contribution in [0.15, 0.2) is 18.2 Å². The maximum Gasteiger partial charge on any atom is 0.249 e. The predicted molar refractivity (Wildman–Crippen MR) is 118 cm³/mol. The lowest BCUT2D eigenvalue weighted by Crippen LogP contribution is -2.47. The van der Waals surface area contributed by atoms with E-state index in [2.05, 4.69) is 25.8 Å². The summed E-state index contributed by atoms with van der Waals surface area (Å²) < 4.78 is 14.8. The SMILES string of the molecule is Cl.O=C1CCC(Nc2ccc(N3CCC(CN4CCNCC4)CC3)c(F)c2)C(=O)N1. The van der Waals surface area contributed by atoms with E-state index in [0.29, 0.717) is 30.1 Å². The molecule has 1 atom stereocenters. The second kappa shape index (κ2) is 10.4. The third-order valence-electron chi connectivity index (χ3n) is 6.21. The first kappa shape index (κ1) is 22.8. The molecule has 3 fully saturated rings. The summed E-state index contributed by atoms with van der Waals surface area (Å²) in [6.45, 7) is 7.27. The highest BCUT2D eigenvalue weighted by atomic mass is 35.5. The number of hydrogen-bond acceptors (Lipinski definition) is 6. The van der Waals surface area contributed by atoms with E-state index in [-0.39, 0.29) is 30.0 Å². The molecule has 9 heteroatoms. The fraction of sp³-hybridized carbons (Fsp3) is 0.619. The van der Waals surface area contributed by atoms with Crippen LogP contribution in [0.2, 0.25) is 0 Å². The lowest BCUT2D eigenvalue weighted by atomic mass is 9.95. The quantitative estimate of drug-likeness (QED) is 0.605. The van der Waals surface area contributed by atoms with Crippen LogP contribution in [0.5, 0.6) is 0 Å². The largest absolute Gasteiger partial charge is 0.374 e. The van der Waals surface area contributed by atoms with E-state index in [1.165, 1.54) is 6.07 Å². The predicted octanol–water partition coefficient (Wildman–Crippen LogP) is 1.59. The number of benzene rings is 1. The van der Waals surface area contributed by atoms with Crippen molar-refractivity contribution in [3.63, 3.8) is 0 Å². The van der Waals surface area contributed by atoms with Gasteiger partial charge in [-0.15, -0.1) is 12.4 Å². The second-order valence-electron chi connectivity index (χ2n) is 8.30. The van der Waals surface area contributed by atoms with Gasteiger partial charge < -0.3 is 20.4 Å². The van der Waals surface area contributed by atoms with Crippen LogP contribution >= 0.6 is 12.4 Å². The van der Waals surface area contributed by atoms with Gasteiger partial charge in [-0.2, -0.15) is 0 Å². The van der Waals surface area contributed by atoms with Crippen molar-refractivity contribution < 1.29 is 14.0 Å². The molecule has 2 amide bonds. The maximum atomic E-state index is 14.8. The number of piperidine rings is 2. The fourth-order valence-electron chi connectivity index (χ4n) is 4.50. The highest BCUT2D eigenvalue weighted by Gasteiger charge is 2.27. The Labute approximate surface area is 183 Å². The van der Waals surface area contributed by atoms with E-state index >= 15 is 0 Å². The zero-order valence-corrected chi connectivity index (χ0v) is 18.0. The molecular weight excluding hydrogens is 409 g/mol. The van der Waals surface area contributed by atoms with Crippen molar-refractivity contribution in [3.8, 4) is 0 Å². The summed E-state index contributed by atoms with van der Waals surface area (Å²) in [5.74, 6) is -0.198. The molecule has 7 nitrogen and oxygen atoms in total. The molecule has 3 heterocycles. The van der Waals surface area contributed by atoms with Gasteiger partial charge in [0.05, 0.1) is 5.69 Å². The Morgan fingerprint density at radius 1 is 1.07 bits per heavy atom. The van der Waals surface area contributed by atoms with Gasteiger partial charge in [0.2, 0.25) is 11.8 Å². The summed E-state index contributed by atoms with van der Waals surface area (Å²) in [7, 11) is 0. The van der Waals surface area contributed by atoms with Crippen molar-refractivity contribution in [1.29, 1.82) is 0 Å². The van der Waals surface area contributed by atoms with Crippen LogP contribution in [-0.2, 0) is 9.59 Å².